The summed E-state index contributed by atoms with van der Waals surface area (Å²) < 4.78 is 16.9. The number of ether oxygens (including phenoxy) is 3. The van der Waals surface area contributed by atoms with Gasteiger partial charge in [-0.25, -0.2) is 14.4 Å². The van der Waals surface area contributed by atoms with Crippen molar-refractivity contribution in [3.8, 4) is 0 Å². The van der Waals surface area contributed by atoms with Gasteiger partial charge in [-0.3, -0.25) is 0 Å². The van der Waals surface area contributed by atoms with Gasteiger partial charge >= 0.3 is 17.9 Å². The summed E-state index contributed by atoms with van der Waals surface area (Å²) in [4.78, 5) is 37.2. The monoisotopic (exact) mass is 448 g/mol. The van der Waals surface area contributed by atoms with Crippen molar-refractivity contribution in [1.29, 1.82) is 0 Å². The number of esters is 3. The van der Waals surface area contributed by atoms with Gasteiger partial charge in [0.15, 0.2) is 0 Å². The second kappa shape index (κ2) is 8.83. The highest BCUT2D eigenvalue weighted by molar-refractivity contribution is 5.91. The zero-order valence-corrected chi connectivity index (χ0v) is 19.2. The Morgan fingerprint density at radius 3 is 2.22 bits per heavy atom. The molecule has 3 aliphatic rings. The van der Waals surface area contributed by atoms with E-state index < -0.39 is 65.7 Å². The number of rotatable bonds is 4. The van der Waals surface area contributed by atoms with Crippen molar-refractivity contribution in [3.63, 3.8) is 0 Å². The molecule has 3 fully saturated rings. The number of carbonyl (C=O) groups excluding carboxylic acids is 3. The molecule has 0 amide bonds. The van der Waals surface area contributed by atoms with E-state index in [1.54, 1.807) is 46.8 Å². The normalized spacial score (nSPS) is 39.7. The molecule has 8 nitrogen and oxygen atoms in total. The number of aliphatic hydroxyl groups excluding tert-OH is 2. The van der Waals surface area contributed by atoms with E-state index >= 15 is 0 Å². The second-order valence-electron chi connectivity index (χ2n) is 9.16. The van der Waals surface area contributed by atoms with Crippen LogP contribution in [-0.4, -0.2) is 58.6 Å². The van der Waals surface area contributed by atoms with E-state index in [1.165, 1.54) is 0 Å². The molecule has 0 aromatic carbocycles. The lowest BCUT2D eigenvalue weighted by molar-refractivity contribution is -0.159. The third kappa shape index (κ3) is 3.79. The van der Waals surface area contributed by atoms with E-state index in [1.807, 2.05) is 0 Å². The molecule has 8 unspecified atom stereocenters. The molecule has 0 spiro atoms. The van der Waals surface area contributed by atoms with Crippen LogP contribution in [0.25, 0.3) is 0 Å². The number of aliphatic hydroxyl groups is 2. The third-order valence-corrected chi connectivity index (χ3v) is 7.52. The minimum atomic E-state index is -1.22. The molecule has 1 heterocycles. The van der Waals surface area contributed by atoms with Gasteiger partial charge in [0.25, 0.3) is 0 Å². The Hall–Kier alpha value is -2.45. The van der Waals surface area contributed by atoms with Crippen molar-refractivity contribution < 1.29 is 38.8 Å². The first-order valence-electron chi connectivity index (χ1n) is 10.9. The first-order valence-corrected chi connectivity index (χ1v) is 10.9. The Bertz CT molecular complexity index is 886. The quantitative estimate of drug-likeness (QED) is 0.381. The molecule has 32 heavy (non-hydrogen) atoms. The van der Waals surface area contributed by atoms with Gasteiger partial charge in [-0.15, -0.1) is 0 Å². The van der Waals surface area contributed by atoms with Gasteiger partial charge in [0.2, 0.25) is 0 Å². The highest BCUT2D eigenvalue weighted by atomic mass is 16.6. The molecule has 0 radical (unpaired) electrons. The Morgan fingerprint density at radius 1 is 1.09 bits per heavy atom. The van der Waals surface area contributed by atoms with E-state index in [0.717, 1.165) is 0 Å². The lowest BCUT2D eigenvalue weighted by atomic mass is 9.69. The van der Waals surface area contributed by atoms with Crippen LogP contribution in [0.1, 0.15) is 47.5 Å². The molecule has 1 aliphatic heterocycles. The van der Waals surface area contributed by atoms with Crippen LogP contribution in [0, 0.1) is 17.3 Å². The predicted molar refractivity (Wildman–Crippen MR) is 114 cm³/mol. The maximum atomic E-state index is 12.6. The van der Waals surface area contributed by atoms with Crippen molar-refractivity contribution >= 4 is 17.9 Å². The lowest BCUT2D eigenvalue weighted by Crippen LogP contribution is -2.49. The maximum Gasteiger partial charge on any atom is 0.334 e. The van der Waals surface area contributed by atoms with Crippen molar-refractivity contribution in [1.82, 2.24) is 0 Å². The Kier molecular flexibility index (Phi) is 6.67. The summed E-state index contributed by atoms with van der Waals surface area (Å²) in [5, 5.41) is 22.4. The molecule has 0 bridgehead atoms. The van der Waals surface area contributed by atoms with Crippen LogP contribution in [0.5, 0.6) is 0 Å². The van der Waals surface area contributed by atoms with Gasteiger partial charge in [-0.1, -0.05) is 25.7 Å². The third-order valence-electron chi connectivity index (χ3n) is 7.52. The van der Waals surface area contributed by atoms with Crippen LogP contribution in [0.15, 0.2) is 35.5 Å². The molecule has 176 valence electrons. The molecule has 0 aromatic rings. The summed E-state index contributed by atoms with van der Waals surface area (Å²) in [5.74, 6) is -3.12. The largest absolute Gasteiger partial charge is 0.459 e. The van der Waals surface area contributed by atoms with Gasteiger partial charge in [0.05, 0.1) is 18.1 Å². The van der Waals surface area contributed by atoms with E-state index in [-0.39, 0.29) is 18.4 Å². The fourth-order valence-corrected chi connectivity index (χ4v) is 5.15. The molecule has 8 heteroatoms. The Balaban J connectivity index is 2.03. The summed E-state index contributed by atoms with van der Waals surface area (Å²) in [6, 6.07) is 0. The smallest absolute Gasteiger partial charge is 0.334 e. The van der Waals surface area contributed by atoms with Crippen LogP contribution in [0.4, 0.5) is 0 Å². The number of fused-ring (bicyclic) bond motifs is 2. The molecule has 2 saturated carbocycles. The van der Waals surface area contributed by atoms with E-state index in [0.29, 0.717) is 11.1 Å². The first-order chi connectivity index (χ1) is 15.0. The number of hydrogen-bond donors (Lipinski definition) is 2. The highest BCUT2D eigenvalue weighted by Crippen LogP contribution is 2.57. The molecule has 1 saturated heterocycles. The highest BCUT2D eigenvalue weighted by Gasteiger charge is 2.66. The molecular weight excluding hydrogens is 416 g/mol. The topological polar surface area (TPSA) is 119 Å². The average molecular weight is 449 g/mol. The summed E-state index contributed by atoms with van der Waals surface area (Å²) in [6.45, 7) is 12.2. The minimum Gasteiger partial charge on any atom is -0.459 e. The zero-order valence-electron chi connectivity index (χ0n) is 19.2. The van der Waals surface area contributed by atoms with Crippen molar-refractivity contribution in [2.45, 2.75) is 78.0 Å². The lowest BCUT2D eigenvalue weighted by Gasteiger charge is -2.41. The fraction of sp³-hybridized carbons (Fsp3) is 0.625. The van der Waals surface area contributed by atoms with E-state index in [4.69, 9.17) is 14.2 Å². The maximum absolute atomic E-state index is 12.6. The number of hydrogen-bond acceptors (Lipinski definition) is 8. The Morgan fingerprint density at radius 2 is 1.66 bits per heavy atom. The Labute approximate surface area is 187 Å². The van der Waals surface area contributed by atoms with Crippen molar-refractivity contribution in [2.24, 2.45) is 17.3 Å². The van der Waals surface area contributed by atoms with Crippen molar-refractivity contribution in [3.05, 3.63) is 35.5 Å². The average Bonchev–Trinajstić information content (AvgIpc) is 3.17. The van der Waals surface area contributed by atoms with Crippen LogP contribution < -0.4 is 0 Å². The van der Waals surface area contributed by atoms with Crippen LogP contribution in [-0.2, 0) is 28.6 Å². The molecule has 0 aromatic heterocycles. The van der Waals surface area contributed by atoms with Gasteiger partial charge in [0, 0.05) is 34.5 Å². The summed E-state index contributed by atoms with van der Waals surface area (Å²) in [5.41, 5.74) is -0.218. The minimum absolute atomic E-state index is 0.0725. The zero-order chi connectivity index (χ0) is 24.0. The fourth-order valence-electron chi connectivity index (χ4n) is 5.15. The molecule has 3 rings (SSSR count). The molecule has 2 aliphatic carbocycles. The van der Waals surface area contributed by atoms with Gasteiger partial charge < -0.3 is 24.4 Å². The van der Waals surface area contributed by atoms with Crippen molar-refractivity contribution in [2.75, 3.05) is 0 Å². The standard InChI is InChI=1S/C24H32O8/c1-7-11(3)21(27)30-16-10-17(31-22(28)12(4)8-2)24(6)14(16)9-15(25)19-18(20(24)26)13(5)23(29)32-19/h7-8,14-20,25-26H,5,9-10H2,1-4,6H3. The summed E-state index contributed by atoms with van der Waals surface area (Å²) >= 11 is 0. The predicted octanol–water partition coefficient (Wildman–Crippen LogP) is 1.99. The van der Waals surface area contributed by atoms with Crippen LogP contribution in [0.3, 0.4) is 0 Å². The van der Waals surface area contributed by atoms with Gasteiger partial charge in [0.1, 0.15) is 18.3 Å². The molecular formula is C24H32O8. The van der Waals surface area contributed by atoms with Gasteiger partial charge in [-0.2, -0.15) is 0 Å². The van der Waals surface area contributed by atoms with Gasteiger partial charge in [-0.05, 0) is 34.1 Å². The summed E-state index contributed by atoms with van der Waals surface area (Å²) in [6.07, 6.45) is -1.29. The van der Waals surface area contributed by atoms with Crippen LogP contribution in [0.2, 0.25) is 0 Å². The molecule has 8 atom stereocenters. The van der Waals surface area contributed by atoms with Crippen LogP contribution >= 0.6 is 0 Å². The second-order valence-corrected chi connectivity index (χ2v) is 9.16. The number of carbonyl (C=O) groups is 3. The van der Waals surface area contributed by atoms with E-state index in [9.17, 15) is 24.6 Å². The first kappa shape index (κ1) is 24.2. The number of allylic oxidation sites excluding steroid dienone is 2. The summed E-state index contributed by atoms with van der Waals surface area (Å²) in [7, 11) is 0. The van der Waals surface area contributed by atoms with E-state index in [2.05, 4.69) is 6.58 Å². The molecule has 2 N–H and O–H groups in total. The SMILES string of the molecule is C=C1C(=O)OC2C(O)CC3C(OC(=O)C(C)=CC)CC(OC(=O)C(C)=CC)C3(C)C(O)C12.